The maximum atomic E-state index is 12.2. The number of halogens is 1. The summed E-state index contributed by atoms with van der Waals surface area (Å²) in [7, 11) is -2.17. The largest absolute Gasteiger partial charge is 0.496 e. The van der Waals surface area contributed by atoms with Crippen LogP contribution in [-0.4, -0.2) is 20.5 Å². The normalized spacial score (nSPS) is 11.2. The predicted octanol–water partition coefficient (Wildman–Crippen LogP) is 2.85. The van der Waals surface area contributed by atoms with E-state index in [0.29, 0.717) is 10.8 Å². The lowest BCUT2D eigenvalue weighted by atomic mass is 10.2. The second kappa shape index (κ2) is 5.68. The van der Waals surface area contributed by atoms with Crippen molar-refractivity contribution >= 4 is 27.4 Å². The van der Waals surface area contributed by atoms with E-state index in [2.05, 4.69) is 9.71 Å². The van der Waals surface area contributed by atoms with Crippen molar-refractivity contribution in [1.29, 1.82) is 0 Å². The second-order valence-electron chi connectivity index (χ2n) is 4.10. The highest BCUT2D eigenvalue weighted by Crippen LogP contribution is 2.23. The maximum Gasteiger partial charge on any atom is 0.263 e. The van der Waals surface area contributed by atoms with Crippen LogP contribution in [0.15, 0.2) is 41.4 Å². The molecule has 0 spiro atoms. The minimum atomic E-state index is -3.70. The molecule has 106 valence electrons. The van der Waals surface area contributed by atoms with E-state index in [9.17, 15) is 8.42 Å². The van der Waals surface area contributed by atoms with Crippen LogP contribution in [0.4, 0.5) is 5.82 Å². The zero-order chi connectivity index (χ0) is 14.8. The van der Waals surface area contributed by atoms with Crippen molar-refractivity contribution in [2.45, 2.75) is 11.8 Å². The highest BCUT2D eigenvalue weighted by Gasteiger charge is 2.16. The number of pyridine rings is 1. The number of rotatable bonds is 4. The van der Waals surface area contributed by atoms with E-state index < -0.39 is 10.0 Å². The molecule has 0 unspecified atom stereocenters. The zero-order valence-corrected chi connectivity index (χ0v) is 12.5. The Morgan fingerprint density at radius 1 is 1.25 bits per heavy atom. The van der Waals surface area contributed by atoms with E-state index in [1.54, 1.807) is 19.1 Å². The van der Waals surface area contributed by atoms with Crippen molar-refractivity contribution < 1.29 is 13.2 Å². The molecule has 0 amide bonds. The third kappa shape index (κ3) is 3.20. The summed E-state index contributed by atoms with van der Waals surface area (Å²) in [4.78, 5) is 4.04. The maximum absolute atomic E-state index is 12.2. The zero-order valence-electron chi connectivity index (χ0n) is 10.9. The molecule has 0 radical (unpaired) electrons. The van der Waals surface area contributed by atoms with Crippen LogP contribution >= 0.6 is 11.6 Å². The van der Waals surface area contributed by atoms with Crippen molar-refractivity contribution in [3.63, 3.8) is 0 Å². The van der Waals surface area contributed by atoms with E-state index in [1.165, 1.54) is 31.5 Å². The Kier molecular flexibility index (Phi) is 4.15. The van der Waals surface area contributed by atoms with Crippen molar-refractivity contribution in [1.82, 2.24) is 4.98 Å². The number of anilines is 1. The van der Waals surface area contributed by atoms with Gasteiger partial charge in [0.2, 0.25) is 0 Å². The van der Waals surface area contributed by atoms with Crippen LogP contribution in [-0.2, 0) is 10.0 Å². The summed E-state index contributed by atoms with van der Waals surface area (Å²) >= 11 is 5.79. The molecule has 0 atom stereocenters. The molecule has 1 aromatic carbocycles. The third-order valence-corrected chi connectivity index (χ3v) is 4.23. The molecule has 2 rings (SSSR count). The first-order chi connectivity index (χ1) is 9.42. The van der Waals surface area contributed by atoms with Gasteiger partial charge in [-0.05, 0) is 36.8 Å². The minimum absolute atomic E-state index is 0.137. The molecule has 0 aliphatic carbocycles. The summed E-state index contributed by atoms with van der Waals surface area (Å²) in [6.07, 6.45) is 1.43. The first kappa shape index (κ1) is 14.6. The predicted molar refractivity (Wildman–Crippen MR) is 77.8 cm³/mol. The fourth-order valence-electron chi connectivity index (χ4n) is 1.68. The van der Waals surface area contributed by atoms with Gasteiger partial charge < -0.3 is 4.74 Å². The highest BCUT2D eigenvalue weighted by atomic mass is 35.5. The fraction of sp³-hybridized carbons (Fsp3) is 0.154. The van der Waals surface area contributed by atoms with Crippen molar-refractivity contribution in [2.75, 3.05) is 11.8 Å². The average molecular weight is 313 g/mol. The van der Waals surface area contributed by atoms with E-state index in [1.807, 2.05) is 0 Å². The van der Waals surface area contributed by atoms with Crippen LogP contribution in [0, 0.1) is 6.92 Å². The summed E-state index contributed by atoms with van der Waals surface area (Å²) in [5.41, 5.74) is 0.731. The van der Waals surface area contributed by atoms with Gasteiger partial charge in [-0.2, -0.15) is 0 Å². The fourth-order valence-corrected chi connectivity index (χ4v) is 2.92. The average Bonchev–Trinajstić information content (AvgIpc) is 2.38. The molecule has 0 fully saturated rings. The second-order valence-corrected chi connectivity index (χ2v) is 6.22. The van der Waals surface area contributed by atoms with Gasteiger partial charge in [-0.3, -0.25) is 4.72 Å². The first-order valence-electron chi connectivity index (χ1n) is 5.71. The van der Waals surface area contributed by atoms with Gasteiger partial charge in [0.15, 0.2) is 0 Å². The van der Waals surface area contributed by atoms with E-state index in [0.717, 1.165) is 5.56 Å². The standard InChI is InChI=1S/C13H13ClN2O3S/c1-9-7-11(3-4-12(9)19-2)20(17,18)16-13-8-10(14)5-6-15-13/h3-8H,1-2H3,(H,15,16). The molecule has 2 aromatic rings. The molecule has 7 heteroatoms. The van der Waals surface area contributed by atoms with Crippen molar-refractivity contribution in [2.24, 2.45) is 0 Å². The van der Waals surface area contributed by atoms with Gasteiger partial charge >= 0.3 is 0 Å². The van der Waals surface area contributed by atoms with Crippen LogP contribution < -0.4 is 9.46 Å². The molecule has 0 aliphatic rings. The molecule has 1 heterocycles. The molecule has 1 aromatic heterocycles. The molecule has 0 bridgehead atoms. The summed E-state index contributed by atoms with van der Waals surface area (Å²) in [5.74, 6) is 0.802. The van der Waals surface area contributed by atoms with Gasteiger partial charge in [-0.1, -0.05) is 11.6 Å². The summed E-state index contributed by atoms with van der Waals surface area (Å²) in [5, 5.41) is 0.406. The Bertz CT molecular complexity index is 732. The Labute approximate surface area is 122 Å². The van der Waals surface area contributed by atoms with Crippen molar-refractivity contribution in [3.8, 4) is 5.75 Å². The Balaban J connectivity index is 2.33. The lowest BCUT2D eigenvalue weighted by molar-refractivity contribution is 0.411. The smallest absolute Gasteiger partial charge is 0.263 e. The van der Waals surface area contributed by atoms with Gasteiger partial charge in [0.05, 0.1) is 12.0 Å². The topological polar surface area (TPSA) is 68.3 Å². The van der Waals surface area contributed by atoms with Crippen LogP contribution in [0.1, 0.15) is 5.56 Å². The molecule has 0 aliphatic heterocycles. The number of aryl methyl sites for hydroxylation is 1. The number of aromatic nitrogens is 1. The van der Waals surface area contributed by atoms with Crippen molar-refractivity contribution in [3.05, 3.63) is 47.1 Å². The molecule has 0 saturated carbocycles. The first-order valence-corrected chi connectivity index (χ1v) is 7.57. The van der Waals surface area contributed by atoms with Gasteiger partial charge in [0, 0.05) is 17.3 Å². The van der Waals surface area contributed by atoms with E-state index in [4.69, 9.17) is 16.3 Å². The Morgan fingerprint density at radius 2 is 2.00 bits per heavy atom. The van der Waals surface area contributed by atoms with Crippen LogP contribution in [0.3, 0.4) is 0 Å². The molecule has 0 saturated heterocycles. The van der Waals surface area contributed by atoms with E-state index in [-0.39, 0.29) is 10.7 Å². The van der Waals surface area contributed by atoms with Gasteiger partial charge in [-0.15, -0.1) is 0 Å². The van der Waals surface area contributed by atoms with E-state index >= 15 is 0 Å². The lowest BCUT2D eigenvalue weighted by Crippen LogP contribution is -2.14. The lowest BCUT2D eigenvalue weighted by Gasteiger charge is -2.10. The third-order valence-electron chi connectivity index (χ3n) is 2.64. The van der Waals surface area contributed by atoms with Crippen LogP contribution in [0.5, 0.6) is 5.75 Å². The number of methoxy groups -OCH3 is 1. The quantitative estimate of drug-likeness (QED) is 0.942. The van der Waals surface area contributed by atoms with Crippen LogP contribution in [0.25, 0.3) is 0 Å². The summed E-state index contributed by atoms with van der Waals surface area (Å²) < 4.78 is 31.9. The molecular weight excluding hydrogens is 300 g/mol. The SMILES string of the molecule is COc1ccc(S(=O)(=O)Nc2cc(Cl)ccn2)cc1C. The molecular formula is C13H13ClN2O3S. The summed E-state index contributed by atoms with van der Waals surface area (Å²) in [6.45, 7) is 1.77. The number of hydrogen-bond donors (Lipinski definition) is 1. The Morgan fingerprint density at radius 3 is 2.60 bits per heavy atom. The number of hydrogen-bond acceptors (Lipinski definition) is 4. The highest BCUT2D eigenvalue weighted by molar-refractivity contribution is 7.92. The molecule has 5 nitrogen and oxygen atoms in total. The monoisotopic (exact) mass is 312 g/mol. The minimum Gasteiger partial charge on any atom is -0.496 e. The number of sulfonamides is 1. The van der Waals surface area contributed by atoms with Gasteiger partial charge in [0.1, 0.15) is 11.6 Å². The van der Waals surface area contributed by atoms with Crippen LogP contribution in [0.2, 0.25) is 5.02 Å². The number of nitrogens with zero attached hydrogens (tertiary/aromatic N) is 1. The number of ether oxygens (including phenoxy) is 1. The number of benzene rings is 1. The summed E-state index contributed by atoms with van der Waals surface area (Å²) in [6, 6.07) is 7.62. The van der Waals surface area contributed by atoms with Gasteiger partial charge in [0.25, 0.3) is 10.0 Å². The van der Waals surface area contributed by atoms with Gasteiger partial charge in [-0.25, -0.2) is 13.4 Å². The Hall–Kier alpha value is -1.79. The number of nitrogens with one attached hydrogen (secondary N) is 1. The molecule has 1 N–H and O–H groups in total. The molecule has 20 heavy (non-hydrogen) atoms.